The van der Waals surface area contributed by atoms with E-state index < -0.39 is 29.4 Å². The summed E-state index contributed by atoms with van der Waals surface area (Å²) < 4.78 is 18.5. The highest BCUT2D eigenvalue weighted by Gasteiger charge is 2.21. The van der Waals surface area contributed by atoms with Gasteiger partial charge in [-0.3, -0.25) is 10.1 Å². The molecule has 6 heteroatoms. The van der Waals surface area contributed by atoms with Gasteiger partial charge >= 0.3 is 6.03 Å². The highest BCUT2D eigenvalue weighted by molar-refractivity contribution is 5.96. The summed E-state index contributed by atoms with van der Waals surface area (Å²) in [5, 5.41) is 4.72. The van der Waals surface area contributed by atoms with Crippen LogP contribution in [0.25, 0.3) is 0 Å². The van der Waals surface area contributed by atoms with E-state index in [1.807, 2.05) is 0 Å². The molecule has 0 heterocycles. The van der Waals surface area contributed by atoms with Gasteiger partial charge in [-0.05, 0) is 39.8 Å². The number of halogens is 1. The Balaban J connectivity index is 2.56. The van der Waals surface area contributed by atoms with Crippen molar-refractivity contribution in [1.29, 1.82) is 0 Å². The molecule has 0 aliphatic carbocycles. The van der Waals surface area contributed by atoms with Gasteiger partial charge in [0, 0.05) is 5.54 Å². The minimum atomic E-state index is -0.988. The molecule has 0 saturated carbocycles. The largest absolute Gasteiger partial charge is 0.478 e. The zero-order chi connectivity index (χ0) is 15.3. The average Bonchev–Trinajstić information content (AvgIpc) is 2.29. The molecule has 0 fully saturated rings. The van der Waals surface area contributed by atoms with Crippen molar-refractivity contribution in [3.8, 4) is 5.75 Å². The Kier molecular flexibility index (Phi) is 5.07. The van der Waals surface area contributed by atoms with Crippen molar-refractivity contribution in [1.82, 2.24) is 10.6 Å². The molecule has 1 aromatic carbocycles. The number of para-hydroxylation sites is 1. The van der Waals surface area contributed by atoms with Crippen LogP contribution in [-0.4, -0.2) is 23.6 Å². The summed E-state index contributed by atoms with van der Waals surface area (Å²) in [5.41, 5.74) is -0.458. The number of carbonyl (C=O) groups is 2. The van der Waals surface area contributed by atoms with E-state index in [1.165, 1.54) is 25.1 Å². The number of nitrogens with one attached hydrogen (secondary N) is 2. The normalized spacial score (nSPS) is 12.4. The average molecular weight is 282 g/mol. The molecule has 0 spiro atoms. The predicted octanol–water partition coefficient (Wildman–Crippen LogP) is 2.22. The van der Waals surface area contributed by atoms with Gasteiger partial charge in [-0.2, -0.15) is 0 Å². The summed E-state index contributed by atoms with van der Waals surface area (Å²) in [7, 11) is 0. The molecular weight excluding hydrogens is 263 g/mol. The lowest BCUT2D eigenvalue weighted by atomic mass is 10.1. The van der Waals surface area contributed by atoms with Gasteiger partial charge in [0.05, 0.1) is 0 Å². The first-order valence-corrected chi connectivity index (χ1v) is 6.23. The molecule has 110 valence electrons. The number of amides is 3. The first kappa shape index (κ1) is 15.9. The Morgan fingerprint density at radius 2 is 1.85 bits per heavy atom. The quantitative estimate of drug-likeness (QED) is 0.893. The van der Waals surface area contributed by atoms with Crippen LogP contribution in [0.5, 0.6) is 5.75 Å². The SMILES string of the molecule is C[C@H](Oc1ccccc1F)C(=O)NC(=O)NC(C)(C)C. The number of hydrogen-bond acceptors (Lipinski definition) is 3. The van der Waals surface area contributed by atoms with Crippen LogP contribution in [0.15, 0.2) is 24.3 Å². The van der Waals surface area contributed by atoms with Gasteiger partial charge in [-0.25, -0.2) is 9.18 Å². The fourth-order valence-corrected chi connectivity index (χ4v) is 1.37. The topological polar surface area (TPSA) is 67.4 Å². The maximum absolute atomic E-state index is 13.4. The minimum Gasteiger partial charge on any atom is -0.478 e. The number of urea groups is 1. The molecule has 0 saturated heterocycles. The van der Waals surface area contributed by atoms with Crippen LogP contribution in [0, 0.1) is 5.82 Å². The monoisotopic (exact) mass is 282 g/mol. The molecule has 20 heavy (non-hydrogen) atoms. The van der Waals surface area contributed by atoms with E-state index in [0.717, 1.165) is 0 Å². The van der Waals surface area contributed by atoms with Crippen molar-refractivity contribution in [3.63, 3.8) is 0 Å². The number of imide groups is 1. The van der Waals surface area contributed by atoms with Gasteiger partial charge in [-0.15, -0.1) is 0 Å². The van der Waals surface area contributed by atoms with Crippen LogP contribution in [0.3, 0.4) is 0 Å². The van der Waals surface area contributed by atoms with E-state index in [4.69, 9.17) is 4.74 Å². The molecule has 0 aliphatic heterocycles. The lowest BCUT2D eigenvalue weighted by Crippen LogP contribution is -2.50. The molecule has 1 atom stereocenters. The Morgan fingerprint density at radius 1 is 1.25 bits per heavy atom. The number of hydrogen-bond donors (Lipinski definition) is 2. The summed E-state index contributed by atoms with van der Waals surface area (Å²) >= 11 is 0. The summed E-state index contributed by atoms with van der Waals surface area (Å²) in [4.78, 5) is 23.3. The van der Waals surface area contributed by atoms with E-state index in [1.54, 1.807) is 26.8 Å². The van der Waals surface area contributed by atoms with E-state index in [9.17, 15) is 14.0 Å². The van der Waals surface area contributed by atoms with Crippen molar-refractivity contribution >= 4 is 11.9 Å². The Morgan fingerprint density at radius 3 is 2.40 bits per heavy atom. The summed E-state index contributed by atoms with van der Waals surface area (Å²) in [6.07, 6.45) is -0.988. The standard InChI is InChI=1S/C14H19FN2O3/c1-9(20-11-8-6-5-7-10(11)15)12(18)16-13(19)17-14(2,3)4/h5-9H,1-4H3,(H2,16,17,18,19)/t9-/m0/s1. The van der Waals surface area contributed by atoms with Gasteiger partial charge in [0.15, 0.2) is 17.7 Å². The van der Waals surface area contributed by atoms with Crippen LogP contribution < -0.4 is 15.4 Å². The lowest BCUT2D eigenvalue weighted by Gasteiger charge is -2.21. The van der Waals surface area contributed by atoms with Crippen molar-refractivity contribution < 1.29 is 18.7 Å². The third-order valence-corrected chi connectivity index (χ3v) is 2.23. The third-order valence-electron chi connectivity index (χ3n) is 2.23. The summed E-state index contributed by atoms with van der Waals surface area (Å²) in [5.74, 6) is -1.24. The Hall–Kier alpha value is -2.11. The van der Waals surface area contributed by atoms with Crippen molar-refractivity contribution in [2.45, 2.75) is 39.3 Å². The van der Waals surface area contributed by atoms with E-state index in [2.05, 4.69) is 10.6 Å². The molecule has 3 amide bonds. The van der Waals surface area contributed by atoms with E-state index in [-0.39, 0.29) is 5.75 Å². The molecule has 5 nitrogen and oxygen atoms in total. The highest BCUT2D eigenvalue weighted by atomic mass is 19.1. The summed E-state index contributed by atoms with van der Waals surface area (Å²) in [6, 6.07) is 5.13. The molecule has 1 rings (SSSR count). The van der Waals surface area contributed by atoms with Gasteiger partial charge in [0.25, 0.3) is 5.91 Å². The van der Waals surface area contributed by atoms with Crippen LogP contribution in [0.4, 0.5) is 9.18 Å². The number of ether oxygens (including phenoxy) is 1. The highest BCUT2D eigenvalue weighted by Crippen LogP contribution is 2.16. The van der Waals surface area contributed by atoms with Crippen LogP contribution >= 0.6 is 0 Å². The van der Waals surface area contributed by atoms with Crippen molar-refractivity contribution in [2.75, 3.05) is 0 Å². The van der Waals surface area contributed by atoms with Gasteiger partial charge < -0.3 is 10.1 Å². The zero-order valence-corrected chi connectivity index (χ0v) is 12.0. The zero-order valence-electron chi connectivity index (χ0n) is 12.0. The third kappa shape index (κ3) is 5.26. The molecular formula is C14H19FN2O3. The number of rotatable bonds is 3. The molecule has 0 aliphatic rings. The first-order chi connectivity index (χ1) is 9.19. The lowest BCUT2D eigenvalue weighted by molar-refractivity contribution is -0.126. The number of benzene rings is 1. The summed E-state index contributed by atoms with van der Waals surface area (Å²) in [6.45, 7) is 6.80. The predicted molar refractivity (Wildman–Crippen MR) is 72.9 cm³/mol. The van der Waals surface area contributed by atoms with Crippen molar-refractivity contribution in [2.24, 2.45) is 0 Å². The van der Waals surface area contributed by atoms with Gasteiger partial charge in [0.2, 0.25) is 0 Å². The molecule has 2 N–H and O–H groups in total. The maximum Gasteiger partial charge on any atom is 0.321 e. The molecule has 1 aromatic rings. The number of carbonyl (C=O) groups excluding carboxylic acids is 2. The smallest absolute Gasteiger partial charge is 0.321 e. The van der Waals surface area contributed by atoms with Crippen LogP contribution in [0.2, 0.25) is 0 Å². The Bertz CT molecular complexity index is 497. The molecule has 0 bridgehead atoms. The fourth-order valence-electron chi connectivity index (χ4n) is 1.37. The maximum atomic E-state index is 13.4. The van der Waals surface area contributed by atoms with Crippen molar-refractivity contribution in [3.05, 3.63) is 30.1 Å². The minimum absolute atomic E-state index is 0.0358. The molecule has 0 unspecified atom stereocenters. The van der Waals surface area contributed by atoms with E-state index in [0.29, 0.717) is 0 Å². The van der Waals surface area contributed by atoms with E-state index >= 15 is 0 Å². The Labute approximate surface area is 117 Å². The molecule has 0 aromatic heterocycles. The molecule has 0 radical (unpaired) electrons. The van der Waals surface area contributed by atoms with Gasteiger partial charge in [-0.1, -0.05) is 12.1 Å². The first-order valence-electron chi connectivity index (χ1n) is 6.23. The fraction of sp³-hybridized carbons (Fsp3) is 0.429. The van der Waals surface area contributed by atoms with Gasteiger partial charge in [0.1, 0.15) is 0 Å². The second-order valence-corrected chi connectivity index (χ2v) is 5.38. The second kappa shape index (κ2) is 6.36. The second-order valence-electron chi connectivity index (χ2n) is 5.38. The van der Waals surface area contributed by atoms with Crippen LogP contribution in [-0.2, 0) is 4.79 Å². The van der Waals surface area contributed by atoms with Crippen LogP contribution in [0.1, 0.15) is 27.7 Å².